The molecule has 0 radical (unpaired) electrons. The lowest BCUT2D eigenvalue weighted by atomic mass is 9.91. The largest absolute Gasteiger partial charge is 0.332 e. The highest BCUT2D eigenvalue weighted by Crippen LogP contribution is 2.32. The second-order valence-electron chi connectivity index (χ2n) is 10.9. The highest BCUT2D eigenvalue weighted by atomic mass is 16.2. The molecule has 1 aliphatic carbocycles. The van der Waals surface area contributed by atoms with Gasteiger partial charge in [-0.05, 0) is 71.0 Å². The number of carbonyl (C=O) groups is 1. The molecule has 9 heteroatoms. The first-order chi connectivity index (χ1) is 20.0. The van der Waals surface area contributed by atoms with Crippen LogP contribution in [0.2, 0.25) is 0 Å². The van der Waals surface area contributed by atoms with Crippen LogP contribution in [0.1, 0.15) is 55.4 Å². The molecular weight excluding hydrogens is 512 g/mol. The Morgan fingerprint density at radius 2 is 1.80 bits per heavy atom. The van der Waals surface area contributed by atoms with E-state index in [1.54, 1.807) is 0 Å². The summed E-state index contributed by atoms with van der Waals surface area (Å²) in [6, 6.07) is 13.8. The van der Waals surface area contributed by atoms with Crippen molar-refractivity contribution < 1.29 is 4.79 Å². The number of aromatic nitrogens is 3. The molecule has 41 heavy (non-hydrogen) atoms. The molecule has 5 rings (SSSR count). The minimum atomic E-state index is -0.219. The van der Waals surface area contributed by atoms with Gasteiger partial charge in [-0.25, -0.2) is 9.78 Å². The predicted molar refractivity (Wildman–Crippen MR) is 165 cm³/mol. The number of amides is 2. The zero-order valence-corrected chi connectivity index (χ0v) is 25.1. The Bertz CT molecular complexity index is 1250. The number of imidazole rings is 1. The Balaban J connectivity index is 0.000000909. The SMILES string of the molecule is C/C=C\C.CN1CCN(Cn2cnc(CN(C)[C@H]3CCCc4cccnc43)c2CNC(=O)Nc2ccccc2)CC1. The quantitative estimate of drug-likeness (QED) is 0.383. The third kappa shape index (κ3) is 8.73. The lowest BCUT2D eigenvalue weighted by molar-refractivity contribution is 0.123. The normalized spacial score (nSPS) is 17.6. The molecule has 1 fully saturated rings. The van der Waals surface area contributed by atoms with Crippen molar-refractivity contribution in [2.24, 2.45) is 0 Å². The van der Waals surface area contributed by atoms with Gasteiger partial charge in [-0.3, -0.25) is 14.8 Å². The van der Waals surface area contributed by atoms with Gasteiger partial charge in [0.25, 0.3) is 0 Å². The Labute approximate surface area is 245 Å². The summed E-state index contributed by atoms with van der Waals surface area (Å²) in [5.74, 6) is 0. The molecule has 1 aromatic carbocycles. The summed E-state index contributed by atoms with van der Waals surface area (Å²) in [6.07, 6.45) is 11.2. The summed E-state index contributed by atoms with van der Waals surface area (Å²) in [5, 5.41) is 5.98. The van der Waals surface area contributed by atoms with Crippen LogP contribution < -0.4 is 10.6 Å². The smallest absolute Gasteiger partial charge is 0.319 e. The van der Waals surface area contributed by atoms with E-state index >= 15 is 0 Å². The van der Waals surface area contributed by atoms with Gasteiger partial charge in [0.1, 0.15) is 0 Å². The van der Waals surface area contributed by atoms with Gasteiger partial charge in [-0.2, -0.15) is 0 Å². The number of hydrogen-bond donors (Lipinski definition) is 2. The number of anilines is 1. The molecule has 1 saturated heterocycles. The van der Waals surface area contributed by atoms with Crippen LogP contribution in [0.25, 0.3) is 0 Å². The van der Waals surface area contributed by atoms with Crippen molar-refractivity contribution in [3.05, 3.63) is 89.8 Å². The highest BCUT2D eigenvalue weighted by molar-refractivity contribution is 5.89. The van der Waals surface area contributed by atoms with Gasteiger partial charge in [0.15, 0.2) is 0 Å². The zero-order chi connectivity index (χ0) is 29.0. The van der Waals surface area contributed by atoms with Gasteiger partial charge in [0, 0.05) is 44.6 Å². The number of likely N-dealkylation sites (N-methyl/N-ethyl adjacent to an activating group) is 1. The van der Waals surface area contributed by atoms with E-state index < -0.39 is 0 Å². The van der Waals surface area contributed by atoms with Crippen LogP contribution in [0.3, 0.4) is 0 Å². The van der Waals surface area contributed by atoms with Crippen LogP contribution >= 0.6 is 0 Å². The van der Waals surface area contributed by atoms with Crippen molar-refractivity contribution in [3.63, 3.8) is 0 Å². The van der Waals surface area contributed by atoms with Gasteiger partial charge >= 0.3 is 6.03 Å². The fourth-order valence-corrected chi connectivity index (χ4v) is 5.33. The molecule has 1 aliphatic heterocycles. The Morgan fingerprint density at radius 1 is 1.05 bits per heavy atom. The number of urea groups is 1. The predicted octanol–water partition coefficient (Wildman–Crippen LogP) is 4.90. The van der Waals surface area contributed by atoms with Crippen molar-refractivity contribution in [3.8, 4) is 0 Å². The number of aryl methyl sites for hydroxylation is 1. The van der Waals surface area contributed by atoms with Gasteiger partial charge in [0.2, 0.25) is 0 Å². The Morgan fingerprint density at radius 3 is 2.54 bits per heavy atom. The number of benzene rings is 1. The second kappa shape index (κ2) is 15.5. The standard InChI is InChI=1S/C28H38N8O.C4H8/c1-33-14-16-35(17-15-33)21-36-20-31-24(26(36)18-30-28(37)32-23-10-4-3-5-11-23)19-34(2)25-12-6-8-22-9-7-13-29-27(22)25;1-3-4-2/h3-5,7,9-11,13,20,25H,6,8,12,14-19,21H2,1-2H3,(H2,30,32,37);3-4H,1-2H3/b;4-3-/t25-;/m0./s1. The molecule has 0 unspecified atom stereocenters. The minimum Gasteiger partial charge on any atom is -0.332 e. The first-order valence-electron chi connectivity index (χ1n) is 14.7. The van der Waals surface area contributed by atoms with E-state index in [4.69, 9.17) is 9.97 Å². The van der Waals surface area contributed by atoms with E-state index in [1.807, 2.05) is 74.9 Å². The van der Waals surface area contributed by atoms with Gasteiger partial charge in [-0.15, -0.1) is 0 Å². The lowest BCUT2D eigenvalue weighted by Crippen LogP contribution is -2.45. The van der Waals surface area contributed by atoms with E-state index in [0.717, 1.165) is 62.8 Å². The molecule has 0 bridgehead atoms. The number of nitrogens with one attached hydrogen (secondary N) is 2. The lowest BCUT2D eigenvalue weighted by Gasteiger charge is -2.33. The number of para-hydroxylation sites is 1. The summed E-state index contributed by atoms with van der Waals surface area (Å²) < 4.78 is 2.20. The molecule has 2 amide bonds. The average molecular weight is 559 g/mol. The fourth-order valence-electron chi connectivity index (χ4n) is 5.33. The van der Waals surface area contributed by atoms with Crippen LogP contribution in [0.4, 0.5) is 10.5 Å². The van der Waals surface area contributed by atoms with E-state index in [0.29, 0.717) is 13.1 Å². The molecular formula is C32H46N8O. The van der Waals surface area contributed by atoms with Crippen LogP contribution in [0.5, 0.6) is 0 Å². The van der Waals surface area contributed by atoms with E-state index in [-0.39, 0.29) is 12.1 Å². The molecule has 2 N–H and O–H groups in total. The number of piperazine rings is 1. The summed E-state index contributed by atoms with van der Waals surface area (Å²) >= 11 is 0. The number of carbonyl (C=O) groups excluding carboxylic acids is 1. The Kier molecular flexibility index (Phi) is 11.5. The third-order valence-electron chi connectivity index (χ3n) is 7.86. The van der Waals surface area contributed by atoms with Crippen molar-refractivity contribution in [2.75, 3.05) is 45.6 Å². The summed E-state index contributed by atoms with van der Waals surface area (Å²) in [4.78, 5) is 29.4. The van der Waals surface area contributed by atoms with Crippen LogP contribution in [-0.4, -0.2) is 75.5 Å². The fraction of sp³-hybridized carbons (Fsp3) is 0.469. The second-order valence-corrected chi connectivity index (χ2v) is 10.9. The number of hydrogen-bond acceptors (Lipinski definition) is 6. The van der Waals surface area contributed by atoms with Crippen molar-refractivity contribution in [1.29, 1.82) is 0 Å². The average Bonchev–Trinajstić information content (AvgIpc) is 3.37. The Hall–Kier alpha value is -3.53. The third-order valence-corrected chi connectivity index (χ3v) is 7.86. The van der Waals surface area contributed by atoms with Crippen molar-refractivity contribution in [2.45, 2.75) is 58.9 Å². The van der Waals surface area contributed by atoms with E-state index in [9.17, 15) is 4.79 Å². The number of rotatable bonds is 8. The molecule has 2 aromatic heterocycles. The highest BCUT2D eigenvalue weighted by Gasteiger charge is 2.26. The van der Waals surface area contributed by atoms with Crippen LogP contribution in [0.15, 0.2) is 67.1 Å². The number of pyridine rings is 1. The molecule has 3 heterocycles. The topological polar surface area (TPSA) is 81.6 Å². The van der Waals surface area contributed by atoms with Gasteiger partial charge in [-0.1, -0.05) is 36.4 Å². The molecule has 0 saturated carbocycles. The molecule has 3 aromatic rings. The summed E-state index contributed by atoms with van der Waals surface area (Å²) in [6.45, 7) is 10.1. The van der Waals surface area contributed by atoms with Gasteiger partial charge in [0.05, 0.1) is 42.7 Å². The van der Waals surface area contributed by atoms with E-state index in [1.165, 1.54) is 17.7 Å². The molecule has 1 atom stereocenters. The number of fused-ring (bicyclic) bond motifs is 1. The maximum absolute atomic E-state index is 12.7. The number of allylic oxidation sites excluding steroid dienone is 2. The molecule has 220 valence electrons. The molecule has 0 spiro atoms. The van der Waals surface area contributed by atoms with Crippen molar-refractivity contribution >= 4 is 11.7 Å². The zero-order valence-electron chi connectivity index (χ0n) is 25.1. The monoisotopic (exact) mass is 558 g/mol. The maximum atomic E-state index is 12.7. The number of nitrogens with zero attached hydrogens (tertiary/aromatic N) is 6. The molecule has 2 aliphatic rings. The van der Waals surface area contributed by atoms with Gasteiger partial charge < -0.3 is 20.1 Å². The maximum Gasteiger partial charge on any atom is 0.319 e. The molecule has 9 nitrogen and oxygen atoms in total. The van der Waals surface area contributed by atoms with E-state index in [2.05, 4.69) is 50.1 Å². The summed E-state index contributed by atoms with van der Waals surface area (Å²) in [5.41, 5.74) is 5.36. The van der Waals surface area contributed by atoms with Crippen LogP contribution in [-0.2, 0) is 26.2 Å². The minimum absolute atomic E-state index is 0.219. The van der Waals surface area contributed by atoms with Crippen LogP contribution in [0, 0.1) is 0 Å². The summed E-state index contributed by atoms with van der Waals surface area (Å²) in [7, 11) is 4.33. The first-order valence-corrected chi connectivity index (χ1v) is 14.7. The van der Waals surface area contributed by atoms with Crippen molar-refractivity contribution in [1.82, 2.24) is 34.6 Å². The first kappa shape index (κ1) is 30.4.